The zero-order valence-corrected chi connectivity index (χ0v) is 20.3. The Kier molecular flexibility index (Phi) is 6.84. The number of amides is 2. The Hall–Kier alpha value is -2.50. The number of carbonyl (C=O) groups is 1. The van der Waals surface area contributed by atoms with Crippen molar-refractivity contribution < 1.29 is 9.90 Å². The van der Waals surface area contributed by atoms with Gasteiger partial charge in [0.15, 0.2) is 0 Å². The highest BCUT2D eigenvalue weighted by atomic mass is 35.5. The number of nitriles is 1. The van der Waals surface area contributed by atoms with Gasteiger partial charge < -0.3 is 19.8 Å². The van der Waals surface area contributed by atoms with Crippen LogP contribution in [0.2, 0.25) is 5.02 Å². The number of piperidine rings is 1. The molecule has 3 fully saturated rings. The molecule has 1 aromatic carbocycles. The van der Waals surface area contributed by atoms with E-state index in [4.69, 9.17) is 16.7 Å². The Bertz CT molecular complexity index is 972. The van der Waals surface area contributed by atoms with Crippen LogP contribution in [0, 0.1) is 17.2 Å². The zero-order chi connectivity index (χ0) is 23.7. The van der Waals surface area contributed by atoms with E-state index in [9.17, 15) is 15.2 Å². The summed E-state index contributed by atoms with van der Waals surface area (Å²) in [6, 6.07) is 8.13. The summed E-state index contributed by atoms with van der Waals surface area (Å²) >= 11 is 6.35. The first-order valence-electron chi connectivity index (χ1n) is 12.6. The number of halogens is 1. The van der Waals surface area contributed by atoms with Crippen LogP contribution >= 0.6 is 11.6 Å². The maximum atomic E-state index is 12.9. The van der Waals surface area contributed by atoms with E-state index in [2.05, 4.69) is 16.0 Å². The largest absolute Gasteiger partial charge is 0.393 e. The fourth-order valence-electron chi connectivity index (χ4n) is 5.81. The van der Waals surface area contributed by atoms with E-state index in [-0.39, 0.29) is 12.1 Å². The van der Waals surface area contributed by atoms with Crippen LogP contribution in [0.25, 0.3) is 0 Å². The summed E-state index contributed by atoms with van der Waals surface area (Å²) < 4.78 is 0. The predicted octanol–water partition coefficient (Wildman–Crippen LogP) is 3.49. The van der Waals surface area contributed by atoms with Crippen molar-refractivity contribution in [3.05, 3.63) is 28.8 Å². The van der Waals surface area contributed by atoms with Crippen molar-refractivity contribution in [1.29, 1.82) is 5.26 Å². The summed E-state index contributed by atoms with van der Waals surface area (Å²) in [5.74, 6) is 1.69. The number of anilines is 1. The van der Waals surface area contributed by atoms with Crippen molar-refractivity contribution in [1.82, 2.24) is 14.7 Å². The lowest BCUT2D eigenvalue weighted by atomic mass is 9.94. The van der Waals surface area contributed by atoms with E-state index in [0.29, 0.717) is 61.6 Å². The maximum Gasteiger partial charge on any atom is 0.320 e. The van der Waals surface area contributed by atoms with Gasteiger partial charge in [0.1, 0.15) is 11.9 Å². The molecule has 4 aliphatic rings. The molecule has 1 aliphatic carbocycles. The Morgan fingerprint density at radius 3 is 2.35 bits per heavy atom. The van der Waals surface area contributed by atoms with Gasteiger partial charge in [0, 0.05) is 45.7 Å². The van der Waals surface area contributed by atoms with Gasteiger partial charge in [-0.3, -0.25) is 5.01 Å². The second kappa shape index (κ2) is 10.0. The third kappa shape index (κ3) is 4.69. The minimum Gasteiger partial charge on any atom is -0.393 e. The van der Waals surface area contributed by atoms with E-state index in [1.54, 1.807) is 6.07 Å². The highest BCUT2D eigenvalue weighted by molar-refractivity contribution is 6.32. The van der Waals surface area contributed by atoms with Crippen molar-refractivity contribution in [3.63, 3.8) is 0 Å². The topological polar surface area (TPSA) is 86.4 Å². The number of hydrogen-bond acceptors (Lipinski definition) is 6. The van der Waals surface area contributed by atoms with E-state index in [1.807, 2.05) is 21.9 Å². The smallest absolute Gasteiger partial charge is 0.320 e. The Morgan fingerprint density at radius 2 is 1.71 bits per heavy atom. The first-order chi connectivity index (χ1) is 16.5. The molecule has 1 atom stereocenters. The number of aliphatic hydroxyl groups excluding tert-OH is 1. The molecule has 3 aliphatic heterocycles. The molecule has 5 rings (SSSR count). The van der Waals surface area contributed by atoms with Crippen LogP contribution in [0.15, 0.2) is 23.3 Å². The number of amidine groups is 1. The first kappa shape index (κ1) is 23.3. The third-order valence-electron chi connectivity index (χ3n) is 7.86. The highest BCUT2D eigenvalue weighted by Gasteiger charge is 2.38. The average Bonchev–Trinajstić information content (AvgIpc) is 3.54. The molecule has 3 heterocycles. The fourth-order valence-corrected chi connectivity index (χ4v) is 6.03. The zero-order valence-electron chi connectivity index (χ0n) is 19.6. The standard InChI is InChI=1S/C25H33ClN6O2/c26-22-15-20(6-5-19(22)17-27)32-23(18-3-1-2-4-18)16-24(28-32)29-11-13-31(14-12-29)25(34)30-9-7-21(33)8-10-30/h5-6,15,18,21,23,33H,1-4,7-14,16H2. The molecule has 1 unspecified atom stereocenters. The van der Waals surface area contributed by atoms with Gasteiger partial charge in [0.25, 0.3) is 0 Å². The van der Waals surface area contributed by atoms with Crippen LogP contribution in [-0.4, -0.2) is 83.1 Å². The molecule has 0 spiro atoms. The Labute approximate surface area is 206 Å². The molecule has 1 N–H and O–H groups in total. The number of piperazine rings is 1. The second-order valence-corrected chi connectivity index (χ2v) is 10.3. The molecule has 1 aromatic rings. The number of hydrazone groups is 1. The quantitative estimate of drug-likeness (QED) is 0.694. The molecular formula is C25H33ClN6O2. The molecule has 0 radical (unpaired) electrons. The lowest BCUT2D eigenvalue weighted by Crippen LogP contribution is -2.55. The van der Waals surface area contributed by atoms with Gasteiger partial charge >= 0.3 is 6.03 Å². The lowest BCUT2D eigenvalue weighted by molar-refractivity contribution is 0.0759. The van der Waals surface area contributed by atoms with E-state index < -0.39 is 0 Å². The predicted molar refractivity (Wildman–Crippen MR) is 132 cm³/mol. The summed E-state index contributed by atoms with van der Waals surface area (Å²) in [5, 5.41) is 26.6. The maximum absolute atomic E-state index is 12.9. The SMILES string of the molecule is N#Cc1ccc(N2N=C(N3CCN(C(=O)N4CCC(O)CC4)CC3)CC2C2CCCC2)cc1Cl. The van der Waals surface area contributed by atoms with Gasteiger partial charge in [0.2, 0.25) is 0 Å². The number of carbonyl (C=O) groups excluding carboxylic acids is 1. The molecular weight excluding hydrogens is 452 g/mol. The number of urea groups is 1. The summed E-state index contributed by atoms with van der Waals surface area (Å²) in [4.78, 5) is 19.1. The van der Waals surface area contributed by atoms with Gasteiger partial charge in [-0.2, -0.15) is 10.4 Å². The Balaban J connectivity index is 1.27. The molecule has 9 heteroatoms. The van der Waals surface area contributed by atoms with Gasteiger partial charge in [-0.1, -0.05) is 24.4 Å². The average molecular weight is 485 g/mol. The van der Waals surface area contributed by atoms with Crippen LogP contribution in [0.3, 0.4) is 0 Å². The van der Waals surface area contributed by atoms with Crippen molar-refractivity contribution in [2.75, 3.05) is 44.3 Å². The first-order valence-corrected chi connectivity index (χ1v) is 12.9. The number of likely N-dealkylation sites (tertiary alicyclic amines) is 1. The van der Waals surface area contributed by atoms with Crippen molar-refractivity contribution in [3.8, 4) is 6.07 Å². The van der Waals surface area contributed by atoms with Gasteiger partial charge in [-0.25, -0.2) is 4.79 Å². The summed E-state index contributed by atoms with van der Waals surface area (Å²) in [6.07, 6.45) is 6.95. The molecule has 182 valence electrons. The van der Waals surface area contributed by atoms with E-state index in [0.717, 1.165) is 31.0 Å². The van der Waals surface area contributed by atoms with E-state index in [1.165, 1.54) is 25.7 Å². The van der Waals surface area contributed by atoms with Crippen molar-refractivity contribution >= 4 is 29.2 Å². The normalized spacial score (nSPS) is 24.5. The number of nitrogens with zero attached hydrogens (tertiary/aromatic N) is 6. The molecule has 2 amide bonds. The van der Waals surface area contributed by atoms with Crippen LogP contribution in [0.4, 0.5) is 10.5 Å². The van der Waals surface area contributed by atoms with E-state index >= 15 is 0 Å². The summed E-state index contributed by atoms with van der Waals surface area (Å²) in [7, 11) is 0. The third-order valence-corrected chi connectivity index (χ3v) is 8.17. The van der Waals surface area contributed by atoms with Gasteiger partial charge in [0.05, 0.1) is 28.4 Å². The lowest BCUT2D eigenvalue weighted by Gasteiger charge is -2.39. The second-order valence-electron chi connectivity index (χ2n) is 9.93. The monoisotopic (exact) mass is 484 g/mol. The molecule has 34 heavy (non-hydrogen) atoms. The summed E-state index contributed by atoms with van der Waals surface area (Å²) in [6.45, 7) is 4.21. The van der Waals surface area contributed by atoms with Gasteiger partial charge in [-0.05, 0) is 49.8 Å². The van der Waals surface area contributed by atoms with Crippen LogP contribution in [-0.2, 0) is 0 Å². The minimum absolute atomic E-state index is 0.0950. The fraction of sp³-hybridized carbons (Fsp3) is 0.640. The molecule has 0 aromatic heterocycles. The number of hydrogen-bond donors (Lipinski definition) is 1. The highest BCUT2D eigenvalue weighted by Crippen LogP contribution is 2.38. The van der Waals surface area contributed by atoms with Gasteiger partial charge in [-0.15, -0.1) is 0 Å². The van der Waals surface area contributed by atoms with Crippen LogP contribution in [0.5, 0.6) is 0 Å². The van der Waals surface area contributed by atoms with Crippen molar-refractivity contribution in [2.24, 2.45) is 11.0 Å². The van der Waals surface area contributed by atoms with Crippen molar-refractivity contribution in [2.45, 2.75) is 57.1 Å². The van der Waals surface area contributed by atoms with Crippen LogP contribution < -0.4 is 5.01 Å². The molecule has 0 bridgehead atoms. The van der Waals surface area contributed by atoms with Crippen LogP contribution in [0.1, 0.15) is 50.5 Å². The minimum atomic E-state index is -0.275. The molecule has 8 nitrogen and oxygen atoms in total. The Morgan fingerprint density at radius 1 is 1.03 bits per heavy atom. The number of rotatable bonds is 2. The molecule has 1 saturated carbocycles. The number of aliphatic hydroxyl groups is 1. The molecule has 2 saturated heterocycles. The number of benzene rings is 1. The summed E-state index contributed by atoms with van der Waals surface area (Å²) in [5.41, 5.74) is 1.42.